The van der Waals surface area contributed by atoms with Gasteiger partial charge in [0.05, 0.1) is 0 Å². The smallest absolute Gasteiger partial charge is 0 e. The van der Waals surface area contributed by atoms with Crippen LogP contribution < -0.4 is 0 Å². The molecular weight excluding hydrogens is 326 g/mol. The van der Waals surface area contributed by atoms with E-state index >= 15 is 0 Å². The maximum atomic E-state index is 6.94. The van der Waals surface area contributed by atoms with Crippen molar-refractivity contribution in [3.63, 3.8) is 0 Å². The summed E-state index contributed by atoms with van der Waals surface area (Å²) in [6.07, 6.45) is 20.0. The van der Waals surface area contributed by atoms with Crippen molar-refractivity contribution < 1.29 is 21.7 Å². The summed E-state index contributed by atoms with van der Waals surface area (Å²) in [6, 6.07) is 0. The van der Waals surface area contributed by atoms with E-state index in [2.05, 4.69) is 24.3 Å². The van der Waals surface area contributed by atoms with E-state index in [9.17, 15) is 0 Å². The van der Waals surface area contributed by atoms with Gasteiger partial charge in [0, 0.05) is 21.7 Å². The molecule has 2 aliphatic rings. The molecule has 0 unspecified atom stereocenters. The average molecular weight is 370 g/mol. The van der Waals surface area contributed by atoms with Gasteiger partial charge in [-0.3, -0.25) is 12.2 Å². The fourth-order valence-electron chi connectivity index (χ4n) is 0.680. The van der Waals surface area contributed by atoms with Gasteiger partial charge in [-0.1, -0.05) is 20.8 Å². The maximum absolute atomic E-state index is 6.94. The standard InChI is InChI=1S/2C5H5.C4H10N.8CH3.Ti/c2*1-2-4-5-3-1;1-4(2,3)5;;;;;;;;;/h2*1-3H,4H2;5H,1-3H3;8*1H3;/q11*-1;. The van der Waals surface area contributed by atoms with Gasteiger partial charge in [0.2, 0.25) is 0 Å². The monoisotopic (exact) mass is 370 g/mol. The Bertz CT molecular complexity index is 208. The normalized spacial score (nSPS) is 9.83. The molecule has 1 nitrogen and oxygen atoms in total. The van der Waals surface area contributed by atoms with Crippen molar-refractivity contribution in [3.8, 4) is 0 Å². The molecule has 2 rings (SSSR count). The summed E-state index contributed by atoms with van der Waals surface area (Å²) in [5, 5.41) is 0. The second-order valence-corrected chi connectivity index (χ2v) is 4.26. The van der Waals surface area contributed by atoms with Gasteiger partial charge in [0.25, 0.3) is 0 Å². The molecule has 0 saturated heterocycles. The van der Waals surface area contributed by atoms with E-state index in [1.807, 2.05) is 45.1 Å². The molecule has 0 saturated carbocycles. The minimum Gasteiger partial charge on any atom is -0.673 e. The molecule has 0 heterocycles. The quantitative estimate of drug-likeness (QED) is 0.304. The zero-order valence-electron chi connectivity index (χ0n) is 18.4. The third-order valence-corrected chi connectivity index (χ3v) is 1.17. The summed E-state index contributed by atoms with van der Waals surface area (Å²) in [5.41, 5.74) is 6.69. The largest absolute Gasteiger partial charge is 0.673 e. The van der Waals surface area contributed by atoms with E-state index in [0.29, 0.717) is 0 Å². The number of rotatable bonds is 0. The van der Waals surface area contributed by atoms with Gasteiger partial charge in [0.15, 0.2) is 0 Å². The van der Waals surface area contributed by atoms with Gasteiger partial charge in [-0.2, -0.15) is 12.2 Å². The first-order chi connectivity index (χ1) is 7.00. The third kappa shape index (κ3) is 99.2. The van der Waals surface area contributed by atoms with Crippen LogP contribution in [0.15, 0.2) is 36.5 Å². The minimum absolute atomic E-state index is 0. The molecular formula is C22H44NTi-11. The van der Waals surface area contributed by atoms with Crippen LogP contribution in [0.1, 0.15) is 33.6 Å². The molecule has 0 radical (unpaired) electrons. The summed E-state index contributed by atoms with van der Waals surface area (Å²) < 4.78 is 0. The van der Waals surface area contributed by atoms with Crippen LogP contribution in [0, 0.1) is 71.6 Å². The van der Waals surface area contributed by atoms with Crippen LogP contribution in [-0.2, 0) is 21.7 Å². The van der Waals surface area contributed by atoms with Crippen molar-refractivity contribution in [1.29, 1.82) is 0 Å². The molecule has 0 aromatic rings. The maximum Gasteiger partial charge on any atom is 0 e. The van der Waals surface area contributed by atoms with Gasteiger partial charge in [-0.25, -0.2) is 24.3 Å². The zero-order valence-corrected chi connectivity index (χ0v) is 19.9. The summed E-state index contributed by atoms with van der Waals surface area (Å²) in [7, 11) is 0. The Kier molecular flexibility index (Phi) is 118. The first-order valence-electron chi connectivity index (χ1n) is 5.18. The van der Waals surface area contributed by atoms with Crippen LogP contribution >= 0.6 is 0 Å². The molecule has 24 heavy (non-hydrogen) atoms. The molecule has 2 aliphatic carbocycles. The van der Waals surface area contributed by atoms with E-state index in [0.717, 1.165) is 12.8 Å². The fraction of sp³-hybridized carbons (Fsp3) is 0.273. The van der Waals surface area contributed by atoms with Crippen LogP contribution in [0.2, 0.25) is 0 Å². The Morgan fingerprint density at radius 3 is 0.917 bits per heavy atom. The molecule has 0 bridgehead atoms. The molecule has 0 fully saturated rings. The van der Waals surface area contributed by atoms with Crippen molar-refractivity contribution in [2.45, 2.75) is 39.2 Å². The van der Waals surface area contributed by atoms with Crippen LogP contribution in [-0.4, -0.2) is 5.54 Å². The number of nitrogens with one attached hydrogen (secondary N) is 1. The van der Waals surface area contributed by atoms with Gasteiger partial charge >= 0.3 is 0 Å². The number of hydrogen-bond donors (Lipinski definition) is 0. The zero-order chi connectivity index (χ0) is 11.6. The van der Waals surface area contributed by atoms with Gasteiger partial charge in [-0.15, -0.1) is 18.4 Å². The second-order valence-electron chi connectivity index (χ2n) is 4.26. The fourth-order valence-corrected chi connectivity index (χ4v) is 0.680. The average Bonchev–Trinajstić information content (AvgIpc) is 2.81. The van der Waals surface area contributed by atoms with E-state index in [1.54, 1.807) is 0 Å². The van der Waals surface area contributed by atoms with Gasteiger partial charge < -0.3 is 65.1 Å². The SMILES string of the molecule is CC(C)(C)[NH-].[C-]1=CC=CC1.[C-]1=CC=CC1.[CH3-].[CH3-].[CH3-].[CH3-].[CH3-].[CH3-].[CH3-].[CH3-].[Ti]. The van der Waals surface area contributed by atoms with Crippen LogP contribution in [0.25, 0.3) is 5.73 Å². The van der Waals surface area contributed by atoms with Crippen molar-refractivity contribution in [1.82, 2.24) is 0 Å². The number of hydrogen-bond acceptors (Lipinski definition) is 0. The summed E-state index contributed by atoms with van der Waals surface area (Å²) in [5.74, 6) is 0. The molecule has 152 valence electrons. The molecule has 0 amide bonds. The topological polar surface area (TPSA) is 23.8 Å². The summed E-state index contributed by atoms with van der Waals surface area (Å²) in [6.45, 7) is 5.56. The van der Waals surface area contributed by atoms with Crippen molar-refractivity contribution >= 4 is 0 Å². The van der Waals surface area contributed by atoms with Crippen molar-refractivity contribution in [3.05, 3.63) is 114 Å². The van der Waals surface area contributed by atoms with E-state index < -0.39 is 0 Å². The van der Waals surface area contributed by atoms with Crippen molar-refractivity contribution in [2.75, 3.05) is 0 Å². The molecule has 0 aliphatic heterocycles. The Balaban J connectivity index is -0.0000000129. The Labute approximate surface area is 174 Å². The minimum atomic E-state index is -0.250. The molecule has 0 aromatic heterocycles. The van der Waals surface area contributed by atoms with Crippen LogP contribution in [0.5, 0.6) is 0 Å². The first-order valence-corrected chi connectivity index (χ1v) is 5.18. The Hall–Kier alpha value is -0.366. The van der Waals surface area contributed by atoms with E-state index in [-0.39, 0.29) is 86.7 Å². The molecule has 2 heteroatoms. The second kappa shape index (κ2) is 43.3. The molecule has 0 aromatic carbocycles. The molecule has 0 atom stereocenters. The predicted octanol–water partition coefficient (Wildman–Crippen LogP) is 8.05. The van der Waals surface area contributed by atoms with Crippen LogP contribution in [0.4, 0.5) is 0 Å². The predicted molar refractivity (Wildman–Crippen MR) is 119 cm³/mol. The van der Waals surface area contributed by atoms with E-state index in [4.69, 9.17) is 5.73 Å². The summed E-state index contributed by atoms with van der Waals surface area (Å²) in [4.78, 5) is 0. The Morgan fingerprint density at radius 1 is 0.667 bits per heavy atom. The molecule has 1 N–H and O–H groups in total. The van der Waals surface area contributed by atoms with E-state index in [1.165, 1.54) is 0 Å². The van der Waals surface area contributed by atoms with Crippen molar-refractivity contribution in [2.24, 2.45) is 0 Å². The number of allylic oxidation sites excluding steroid dienone is 8. The Morgan fingerprint density at radius 2 is 0.875 bits per heavy atom. The molecule has 0 spiro atoms. The summed E-state index contributed by atoms with van der Waals surface area (Å²) >= 11 is 0. The van der Waals surface area contributed by atoms with Crippen LogP contribution in [0.3, 0.4) is 0 Å². The van der Waals surface area contributed by atoms with Gasteiger partial charge in [-0.05, 0) is 0 Å². The third-order valence-electron chi connectivity index (χ3n) is 1.17. The first kappa shape index (κ1) is 65.1. The van der Waals surface area contributed by atoms with Gasteiger partial charge in [0.1, 0.15) is 0 Å².